The van der Waals surface area contributed by atoms with Crippen molar-refractivity contribution in [3.63, 3.8) is 0 Å². The molecule has 1 aromatic carbocycles. The normalized spacial score (nSPS) is 12.6. The zero-order valence-electron chi connectivity index (χ0n) is 18.3. The van der Waals surface area contributed by atoms with E-state index in [0.29, 0.717) is 51.9 Å². The van der Waals surface area contributed by atoms with Crippen LogP contribution < -0.4 is 5.56 Å². The first-order valence-electron chi connectivity index (χ1n) is 10.3. The topological polar surface area (TPSA) is 95.5 Å². The van der Waals surface area contributed by atoms with E-state index in [1.54, 1.807) is 6.92 Å². The largest absolute Gasteiger partial charge is 0.465 e. The van der Waals surface area contributed by atoms with Crippen LogP contribution in [0.5, 0.6) is 0 Å². The molecular weight excluding hydrogens is 414 g/mol. The molecule has 0 saturated carbocycles. The number of thiophene rings is 1. The molecule has 0 fully saturated rings. The summed E-state index contributed by atoms with van der Waals surface area (Å²) in [6.07, 6.45) is 0.0249. The Morgan fingerprint density at radius 2 is 1.97 bits per heavy atom. The summed E-state index contributed by atoms with van der Waals surface area (Å²) in [6, 6.07) is 9.88. The lowest BCUT2D eigenvalue weighted by molar-refractivity contribution is 0.0605. The van der Waals surface area contributed by atoms with Gasteiger partial charge in [0.1, 0.15) is 15.5 Å². The van der Waals surface area contributed by atoms with Crippen LogP contribution in [0, 0.1) is 12.8 Å². The number of fused-ring (bicyclic) bond motifs is 1. The third-order valence-electron chi connectivity index (χ3n) is 5.00. The summed E-state index contributed by atoms with van der Waals surface area (Å²) in [5.74, 6) is 0.434. The molecule has 0 radical (unpaired) electrons. The molecule has 0 bridgehead atoms. The van der Waals surface area contributed by atoms with Crippen LogP contribution in [0.2, 0.25) is 0 Å². The number of methoxy groups -OCH3 is 1. The summed E-state index contributed by atoms with van der Waals surface area (Å²) in [5, 5.41) is 11.1. The van der Waals surface area contributed by atoms with Gasteiger partial charge in [0, 0.05) is 13.1 Å². The molecule has 1 atom stereocenters. The van der Waals surface area contributed by atoms with Gasteiger partial charge in [-0.15, -0.1) is 11.3 Å². The molecule has 0 aliphatic rings. The quantitative estimate of drug-likeness (QED) is 0.493. The maximum atomic E-state index is 12.7. The summed E-state index contributed by atoms with van der Waals surface area (Å²) in [7, 11) is 1.32. The zero-order valence-corrected chi connectivity index (χ0v) is 19.2. The fourth-order valence-electron chi connectivity index (χ4n) is 3.73. The van der Waals surface area contributed by atoms with Gasteiger partial charge in [0.2, 0.25) is 0 Å². The molecule has 0 aliphatic heterocycles. The van der Waals surface area contributed by atoms with E-state index in [1.165, 1.54) is 18.4 Å². The number of nitrogens with one attached hydrogen (secondary N) is 1. The predicted molar refractivity (Wildman–Crippen MR) is 123 cm³/mol. The number of nitrogens with zero attached hydrogens (tertiary/aromatic N) is 2. The van der Waals surface area contributed by atoms with Crippen molar-refractivity contribution in [2.45, 2.75) is 39.8 Å². The van der Waals surface area contributed by atoms with Crippen molar-refractivity contribution in [2.24, 2.45) is 5.92 Å². The smallest absolute Gasteiger partial charge is 0.348 e. The molecule has 2 aromatic heterocycles. The van der Waals surface area contributed by atoms with Gasteiger partial charge in [0.25, 0.3) is 5.56 Å². The zero-order chi connectivity index (χ0) is 22.5. The number of carbonyl (C=O) groups excluding carboxylic acids is 1. The maximum Gasteiger partial charge on any atom is 0.348 e. The van der Waals surface area contributed by atoms with Crippen LogP contribution in [0.25, 0.3) is 10.2 Å². The fourth-order valence-corrected chi connectivity index (χ4v) is 4.85. The molecule has 3 aromatic rings. The van der Waals surface area contributed by atoms with Gasteiger partial charge in [-0.3, -0.25) is 9.69 Å². The van der Waals surface area contributed by atoms with Crippen LogP contribution in [0.3, 0.4) is 0 Å². The standard InChI is InChI=1S/C23H29N3O4S/c1-14(2)11-26(12-17(27)10-16-8-6-5-7-9-16)13-18-24-21(28)19-15(3)20(23(29)30-4)31-22(19)25-18/h5-9,14,17,27H,10-13H2,1-4H3,(H,24,25,28). The van der Waals surface area contributed by atoms with E-state index in [9.17, 15) is 14.7 Å². The number of aliphatic hydroxyl groups is 1. The lowest BCUT2D eigenvalue weighted by atomic mass is 10.1. The van der Waals surface area contributed by atoms with Crippen LogP contribution in [-0.4, -0.2) is 52.2 Å². The molecule has 1 unspecified atom stereocenters. The van der Waals surface area contributed by atoms with Crippen molar-refractivity contribution in [3.05, 3.63) is 62.5 Å². The molecule has 2 heterocycles. The molecule has 3 rings (SSSR count). The average molecular weight is 444 g/mol. The third kappa shape index (κ3) is 5.78. The number of ether oxygens (including phenoxy) is 1. The molecule has 2 N–H and O–H groups in total. The van der Waals surface area contributed by atoms with Gasteiger partial charge in [0.15, 0.2) is 0 Å². The maximum absolute atomic E-state index is 12.7. The van der Waals surface area contributed by atoms with E-state index in [4.69, 9.17) is 4.74 Å². The van der Waals surface area contributed by atoms with E-state index in [1.807, 2.05) is 30.3 Å². The first-order chi connectivity index (χ1) is 14.8. The molecule has 166 valence electrons. The highest BCUT2D eigenvalue weighted by atomic mass is 32.1. The number of aliphatic hydroxyl groups excluding tert-OH is 1. The van der Waals surface area contributed by atoms with Crippen molar-refractivity contribution >= 4 is 27.5 Å². The Kier molecular flexibility index (Phi) is 7.59. The van der Waals surface area contributed by atoms with Crippen molar-refractivity contribution in [3.8, 4) is 0 Å². The van der Waals surface area contributed by atoms with Crippen molar-refractivity contribution in [1.82, 2.24) is 14.9 Å². The number of benzene rings is 1. The van der Waals surface area contributed by atoms with Crippen LogP contribution in [0.4, 0.5) is 0 Å². The molecular formula is C23H29N3O4S. The lowest BCUT2D eigenvalue weighted by Crippen LogP contribution is -2.36. The second-order valence-corrected chi connectivity index (χ2v) is 9.17. The molecule has 0 spiro atoms. The molecule has 31 heavy (non-hydrogen) atoms. The number of aromatic nitrogens is 2. The molecule has 0 aliphatic carbocycles. The van der Waals surface area contributed by atoms with Crippen LogP contribution >= 0.6 is 11.3 Å². The molecule has 0 saturated heterocycles. The van der Waals surface area contributed by atoms with Gasteiger partial charge in [0.05, 0.1) is 25.1 Å². The van der Waals surface area contributed by atoms with Crippen LogP contribution in [-0.2, 0) is 17.7 Å². The fraction of sp³-hybridized carbons (Fsp3) is 0.435. The van der Waals surface area contributed by atoms with Gasteiger partial charge in [-0.05, 0) is 30.4 Å². The summed E-state index contributed by atoms with van der Waals surface area (Å²) in [5.41, 5.74) is 1.40. The van der Waals surface area contributed by atoms with Gasteiger partial charge >= 0.3 is 5.97 Å². The number of esters is 1. The van der Waals surface area contributed by atoms with E-state index in [2.05, 4.69) is 28.7 Å². The Morgan fingerprint density at radius 3 is 2.61 bits per heavy atom. The van der Waals surface area contributed by atoms with Crippen molar-refractivity contribution in [2.75, 3.05) is 20.2 Å². The first kappa shape index (κ1) is 23.1. The minimum atomic E-state index is -0.536. The van der Waals surface area contributed by atoms with E-state index in [0.717, 1.165) is 12.1 Å². The number of H-pyrrole nitrogens is 1. The molecule has 7 nitrogen and oxygen atoms in total. The highest BCUT2D eigenvalue weighted by Crippen LogP contribution is 2.27. The number of aryl methyl sites for hydroxylation is 1. The third-order valence-corrected chi connectivity index (χ3v) is 6.17. The van der Waals surface area contributed by atoms with E-state index in [-0.39, 0.29) is 5.56 Å². The SMILES string of the molecule is COC(=O)c1sc2nc(CN(CC(C)C)CC(O)Cc3ccccc3)[nH]c(=O)c2c1C. The summed E-state index contributed by atoms with van der Waals surface area (Å²) >= 11 is 1.17. The lowest BCUT2D eigenvalue weighted by Gasteiger charge is -2.26. The molecule has 8 heteroatoms. The van der Waals surface area contributed by atoms with Gasteiger partial charge in [-0.25, -0.2) is 9.78 Å². The Hall–Kier alpha value is -2.55. The van der Waals surface area contributed by atoms with Crippen molar-refractivity contribution < 1.29 is 14.6 Å². The highest BCUT2D eigenvalue weighted by molar-refractivity contribution is 7.20. The Bertz CT molecular complexity index is 1090. The Morgan fingerprint density at radius 1 is 1.26 bits per heavy atom. The highest BCUT2D eigenvalue weighted by Gasteiger charge is 2.21. The minimum Gasteiger partial charge on any atom is -0.465 e. The monoisotopic (exact) mass is 443 g/mol. The second kappa shape index (κ2) is 10.2. The number of hydrogen-bond donors (Lipinski definition) is 2. The minimum absolute atomic E-state index is 0.266. The van der Waals surface area contributed by atoms with Crippen molar-refractivity contribution in [1.29, 1.82) is 0 Å². The number of carbonyl (C=O) groups is 1. The van der Waals surface area contributed by atoms with Gasteiger partial charge in [-0.1, -0.05) is 44.2 Å². The first-order valence-corrected chi connectivity index (χ1v) is 11.1. The molecule has 0 amide bonds. The van der Waals surface area contributed by atoms with Gasteiger partial charge in [-0.2, -0.15) is 0 Å². The van der Waals surface area contributed by atoms with E-state index >= 15 is 0 Å². The van der Waals surface area contributed by atoms with Crippen LogP contribution in [0.15, 0.2) is 35.1 Å². The van der Waals surface area contributed by atoms with E-state index < -0.39 is 12.1 Å². The number of hydrogen-bond acceptors (Lipinski definition) is 7. The van der Waals surface area contributed by atoms with Gasteiger partial charge < -0.3 is 14.8 Å². The Labute approximate surface area is 185 Å². The number of aromatic amines is 1. The summed E-state index contributed by atoms with van der Waals surface area (Å²) < 4.78 is 4.81. The summed E-state index contributed by atoms with van der Waals surface area (Å²) in [6.45, 7) is 7.57. The summed E-state index contributed by atoms with van der Waals surface area (Å²) in [4.78, 5) is 35.2. The Balaban J connectivity index is 1.82. The second-order valence-electron chi connectivity index (χ2n) is 8.17. The average Bonchev–Trinajstić information content (AvgIpc) is 3.04. The number of rotatable bonds is 9. The predicted octanol–water partition coefficient (Wildman–Crippen LogP) is 3.14. The van der Waals surface area contributed by atoms with Crippen LogP contribution in [0.1, 0.15) is 40.5 Å².